The van der Waals surface area contributed by atoms with Gasteiger partial charge in [-0.3, -0.25) is 4.79 Å². The maximum Gasteiger partial charge on any atom is 0.224 e. The zero-order valence-corrected chi connectivity index (χ0v) is 11.2. The molecule has 17 heavy (non-hydrogen) atoms. The Labute approximate surface area is 106 Å². The lowest BCUT2D eigenvalue weighted by atomic mass is 10.1. The average Bonchev–Trinajstić information content (AvgIpc) is 2.86. The molecule has 1 aromatic heterocycles. The Morgan fingerprint density at radius 2 is 2.35 bits per heavy atom. The van der Waals surface area contributed by atoms with Gasteiger partial charge in [0.1, 0.15) is 0 Å². The van der Waals surface area contributed by atoms with E-state index in [1.807, 2.05) is 13.8 Å². The fourth-order valence-electron chi connectivity index (χ4n) is 2.08. The highest BCUT2D eigenvalue weighted by atomic mass is 32.1. The normalized spacial score (nSPS) is 14.8. The second-order valence-corrected chi connectivity index (χ2v) is 5.74. The molecule has 0 fully saturated rings. The molecule has 0 saturated carbocycles. The molecule has 0 radical (unpaired) electrons. The van der Waals surface area contributed by atoms with E-state index in [9.17, 15) is 4.79 Å². The van der Waals surface area contributed by atoms with Crippen LogP contribution in [0.1, 0.15) is 41.3 Å². The van der Waals surface area contributed by atoms with Gasteiger partial charge in [0.05, 0.1) is 17.2 Å². The number of nitrogens with zero attached hydrogens (tertiary/aromatic N) is 1. The molecule has 92 valence electrons. The number of amides is 1. The van der Waals surface area contributed by atoms with Gasteiger partial charge in [-0.1, -0.05) is 11.6 Å². The Hall–Kier alpha value is -1.16. The highest BCUT2D eigenvalue weighted by Crippen LogP contribution is 2.20. The molecule has 2 rings (SSSR count). The zero-order valence-electron chi connectivity index (χ0n) is 10.4. The molecular weight excluding hydrogens is 232 g/mol. The third kappa shape index (κ3) is 3.40. The molecule has 1 N–H and O–H groups in total. The van der Waals surface area contributed by atoms with Gasteiger partial charge in [-0.15, -0.1) is 11.3 Å². The van der Waals surface area contributed by atoms with E-state index in [2.05, 4.69) is 16.4 Å². The van der Waals surface area contributed by atoms with Crippen molar-refractivity contribution >= 4 is 17.2 Å². The molecule has 0 aromatic carbocycles. The Bertz CT molecular complexity index is 448. The summed E-state index contributed by atoms with van der Waals surface area (Å²) in [5.74, 6) is 0.128. The molecule has 1 heterocycles. The molecule has 1 amide bonds. The van der Waals surface area contributed by atoms with Gasteiger partial charge in [-0.25, -0.2) is 4.98 Å². The van der Waals surface area contributed by atoms with Crippen molar-refractivity contribution in [1.82, 2.24) is 10.3 Å². The number of allylic oxidation sites excluding steroid dienone is 1. The average molecular weight is 250 g/mol. The molecule has 0 unspecified atom stereocenters. The highest BCUT2D eigenvalue weighted by Gasteiger charge is 2.11. The van der Waals surface area contributed by atoms with Crippen LogP contribution >= 0.6 is 11.3 Å². The van der Waals surface area contributed by atoms with E-state index in [1.165, 1.54) is 12.0 Å². The summed E-state index contributed by atoms with van der Waals surface area (Å²) in [4.78, 5) is 17.2. The van der Waals surface area contributed by atoms with Crippen molar-refractivity contribution in [2.45, 2.75) is 46.1 Å². The van der Waals surface area contributed by atoms with Crippen molar-refractivity contribution in [2.24, 2.45) is 0 Å². The fourth-order valence-corrected chi connectivity index (χ4v) is 2.96. The van der Waals surface area contributed by atoms with Gasteiger partial charge in [0.25, 0.3) is 0 Å². The first-order valence-electron chi connectivity index (χ1n) is 6.02. The summed E-state index contributed by atoms with van der Waals surface area (Å²) in [6, 6.07) is 0. The van der Waals surface area contributed by atoms with E-state index < -0.39 is 0 Å². The number of rotatable bonds is 4. The summed E-state index contributed by atoms with van der Waals surface area (Å²) in [5.41, 5.74) is 2.33. The number of carbonyl (C=O) groups is 1. The van der Waals surface area contributed by atoms with Crippen LogP contribution in [-0.2, 0) is 11.3 Å². The topological polar surface area (TPSA) is 42.0 Å². The summed E-state index contributed by atoms with van der Waals surface area (Å²) in [6.45, 7) is 4.60. The third-order valence-corrected chi connectivity index (χ3v) is 4.04. The maximum atomic E-state index is 11.7. The number of hydrogen-bond donors (Lipinski definition) is 1. The predicted octanol–water partition coefficient (Wildman–Crippen LogP) is 2.88. The molecule has 3 nitrogen and oxygen atoms in total. The fraction of sp³-hybridized carbons (Fsp3) is 0.538. The Balaban J connectivity index is 1.81. The first-order valence-corrected chi connectivity index (χ1v) is 6.84. The van der Waals surface area contributed by atoms with Crippen molar-refractivity contribution in [2.75, 3.05) is 0 Å². The predicted molar refractivity (Wildman–Crippen MR) is 70.0 cm³/mol. The van der Waals surface area contributed by atoms with Gasteiger partial charge in [0, 0.05) is 11.3 Å². The van der Waals surface area contributed by atoms with Crippen LogP contribution in [0.3, 0.4) is 0 Å². The van der Waals surface area contributed by atoms with Gasteiger partial charge in [-0.2, -0.15) is 0 Å². The van der Waals surface area contributed by atoms with Gasteiger partial charge in [0.2, 0.25) is 5.91 Å². The smallest absolute Gasteiger partial charge is 0.224 e. The molecular formula is C13H18N2OS. The van der Waals surface area contributed by atoms with Crippen LogP contribution in [-0.4, -0.2) is 10.9 Å². The van der Waals surface area contributed by atoms with Crippen LogP contribution in [0.15, 0.2) is 11.6 Å². The lowest BCUT2D eigenvalue weighted by Gasteiger charge is -2.04. The van der Waals surface area contributed by atoms with Crippen LogP contribution in [0.5, 0.6) is 0 Å². The minimum absolute atomic E-state index is 0.128. The van der Waals surface area contributed by atoms with Crippen molar-refractivity contribution in [3.05, 3.63) is 27.2 Å². The molecule has 4 heteroatoms. The van der Waals surface area contributed by atoms with Gasteiger partial charge >= 0.3 is 0 Å². The third-order valence-electron chi connectivity index (χ3n) is 2.97. The summed E-state index contributed by atoms with van der Waals surface area (Å²) >= 11 is 1.66. The van der Waals surface area contributed by atoms with Crippen LogP contribution in [0.2, 0.25) is 0 Å². The minimum Gasteiger partial charge on any atom is -0.351 e. The first kappa shape index (κ1) is 12.3. The Kier molecular flexibility index (Phi) is 3.94. The van der Waals surface area contributed by atoms with Crippen LogP contribution in [0, 0.1) is 13.8 Å². The molecule has 1 aliphatic carbocycles. The van der Waals surface area contributed by atoms with Crippen LogP contribution < -0.4 is 5.32 Å². The molecule has 0 spiro atoms. The highest BCUT2D eigenvalue weighted by molar-refractivity contribution is 7.11. The second kappa shape index (κ2) is 5.45. The van der Waals surface area contributed by atoms with Crippen molar-refractivity contribution in [3.8, 4) is 0 Å². The van der Waals surface area contributed by atoms with E-state index in [1.54, 1.807) is 11.3 Å². The number of aromatic nitrogens is 1. The first-order chi connectivity index (χ1) is 8.15. The SMILES string of the molecule is Cc1nc(C)c(CNC(=O)CC2=CCCC2)s1. The summed E-state index contributed by atoms with van der Waals surface area (Å²) in [5, 5.41) is 4.03. The van der Waals surface area contributed by atoms with Gasteiger partial charge < -0.3 is 5.32 Å². The van der Waals surface area contributed by atoms with Crippen molar-refractivity contribution in [3.63, 3.8) is 0 Å². The van der Waals surface area contributed by atoms with Crippen LogP contribution in [0.25, 0.3) is 0 Å². The number of hydrogen-bond acceptors (Lipinski definition) is 3. The van der Waals surface area contributed by atoms with E-state index in [-0.39, 0.29) is 5.91 Å². The van der Waals surface area contributed by atoms with Crippen LogP contribution in [0.4, 0.5) is 0 Å². The molecule has 1 aliphatic rings. The minimum atomic E-state index is 0.128. The maximum absolute atomic E-state index is 11.7. The van der Waals surface area contributed by atoms with Gasteiger partial charge in [0.15, 0.2) is 0 Å². The van der Waals surface area contributed by atoms with Gasteiger partial charge in [-0.05, 0) is 33.1 Å². The van der Waals surface area contributed by atoms with E-state index >= 15 is 0 Å². The quantitative estimate of drug-likeness (QED) is 0.835. The molecule has 0 aliphatic heterocycles. The molecule has 0 atom stereocenters. The van der Waals surface area contributed by atoms with E-state index in [4.69, 9.17) is 0 Å². The Morgan fingerprint density at radius 3 is 2.94 bits per heavy atom. The number of nitrogens with one attached hydrogen (secondary N) is 1. The molecule has 1 aromatic rings. The molecule has 0 saturated heterocycles. The van der Waals surface area contributed by atoms with E-state index in [0.29, 0.717) is 13.0 Å². The monoisotopic (exact) mass is 250 g/mol. The number of carbonyl (C=O) groups excluding carboxylic acids is 1. The second-order valence-electron chi connectivity index (χ2n) is 4.45. The van der Waals surface area contributed by atoms with Crippen molar-refractivity contribution in [1.29, 1.82) is 0 Å². The summed E-state index contributed by atoms with van der Waals surface area (Å²) in [6.07, 6.45) is 6.19. The molecule has 0 bridgehead atoms. The standard InChI is InChI=1S/C13H18N2OS/c1-9-12(17-10(2)15-9)8-14-13(16)7-11-5-3-4-6-11/h5H,3-4,6-8H2,1-2H3,(H,14,16). The van der Waals surface area contributed by atoms with Crippen molar-refractivity contribution < 1.29 is 4.79 Å². The lowest BCUT2D eigenvalue weighted by molar-refractivity contribution is -0.120. The largest absolute Gasteiger partial charge is 0.351 e. The number of thiazole rings is 1. The van der Waals surface area contributed by atoms with E-state index in [0.717, 1.165) is 28.4 Å². The summed E-state index contributed by atoms with van der Waals surface area (Å²) < 4.78 is 0. The zero-order chi connectivity index (χ0) is 12.3. The lowest BCUT2D eigenvalue weighted by Crippen LogP contribution is -2.22. The summed E-state index contributed by atoms with van der Waals surface area (Å²) in [7, 11) is 0. The number of aryl methyl sites for hydroxylation is 2. The Morgan fingerprint density at radius 1 is 1.53 bits per heavy atom.